The number of allylic oxidation sites excluding steroid dienone is 6. The number of hydrogen-bond donors (Lipinski definition) is 1. The number of likely N-dealkylation sites (tertiary alicyclic amines) is 1. The van der Waals surface area contributed by atoms with Crippen molar-refractivity contribution in [2.24, 2.45) is 17.8 Å². The van der Waals surface area contributed by atoms with Gasteiger partial charge in [0.15, 0.2) is 11.6 Å². The number of phenolic OH excluding ortho intramolecular Hbond substituents is 1. The van der Waals surface area contributed by atoms with Crippen LogP contribution in [0, 0.1) is 17.8 Å². The lowest BCUT2D eigenvalue weighted by atomic mass is 9.59. The molecule has 3 amide bonds. The van der Waals surface area contributed by atoms with Gasteiger partial charge in [-0.1, -0.05) is 11.6 Å². The van der Waals surface area contributed by atoms with Gasteiger partial charge >= 0.3 is 6.09 Å². The van der Waals surface area contributed by atoms with Crippen LogP contribution in [0.2, 0.25) is 0 Å². The number of benzene rings is 1. The van der Waals surface area contributed by atoms with E-state index in [-0.39, 0.29) is 45.7 Å². The minimum atomic E-state index is -1.06. The zero-order valence-electron chi connectivity index (χ0n) is 20.1. The number of imide groups is 3. The van der Waals surface area contributed by atoms with Crippen LogP contribution in [0.1, 0.15) is 24.3 Å². The highest BCUT2D eigenvalue weighted by Crippen LogP contribution is 2.58. The minimum Gasteiger partial charge on any atom is -0.508 e. The molecule has 0 spiro atoms. The molecule has 0 aromatic heterocycles. The number of phenols is 1. The number of Topliss-reactive ketones (excluding diaryl/α,β-unsaturated/α-hetero) is 1. The van der Waals surface area contributed by atoms with Crippen LogP contribution in [0.25, 0.3) is 0 Å². The summed E-state index contributed by atoms with van der Waals surface area (Å²) in [6, 6.07) is 2.75. The number of ketones is 2. The highest BCUT2D eigenvalue weighted by molar-refractivity contribution is 9.12. The maximum atomic E-state index is 13.4. The summed E-state index contributed by atoms with van der Waals surface area (Å²) < 4.78 is 15.9. The zero-order valence-corrected chi connectivity index (χ0v) is 21.7. The molecule has 192 valence electrons. The SMILES string of the molecule is COC(=O)N1C(=O)[C@H]2[C@H](CC=C3[C@H](c4c(OC)cc(O)cc4OC)C4=C(C[C@H]32)C(=O)C(Br)=CC4=O)C1=O. The van der Waals surface area contributed by atoms with E-state index in [1.54, 1.807) is 6.08 Å². The number of nitrogens with zero attached hydrogens (tertiary/aromatic N) is 1. The van der Waals surface area contributed by atoms with Gasteiger partial charge in [0.25, 0.3) is 0 Å². The number of rotatable bonds is 3. The largest absolute Gasteiger partial charge is 0.508 e. The third kappa shape index (κ3) is 3.55. The van der Waals surface area contributed by atoms with E-state index in [0.29, 0.717) is 16.0 Å². The molecule has 0 saturated carbocycles. The Morgan fingerprint density at radius 3 is 2.27 bits per heavy atom. The van der Waals surface area contributed by atoms with Gasteiger partial charge < -0.3 is 19.3 Å². The Kier molecular flexibility index (Phi) is 6.06. The molecule has 1 aliphatic heterocycles. The summed E-state index contributed by atoms with van der Waals surface area (Å²) >= 11 is 3.17. The second-order valence-corrected chi connectivity index (χ2v) is 9.99. The number of amides is 3. The maximum absolute atomic E-state index is 13.4. The number of methoxy groups -OCH3 is 3. The molecule has 1 heterocycles. The average Bonchev–Trinajstić information content (AvgIpc) is 3.14. The summed E-state index contributed by atoms with van der Waals surface area (Å²) in [4.78, 5) is 65.9. The fourth-order valence-electron chi connectivity index (χ4n) is 6.02. The van der Waals surface area contributed by atoms with E-state index in [0.717, 1.165) is 7.11 Å². The van der Waals surface area contributed by atoms with Crippen molar-refractivity contribution in [1.82, 2.24) is 4.90 Å². The number of hydrogen-bond acceptors (Lipinski definition) is 9. The van der Waals surface area contributed by atoms with Crippen molar-refractivity contribution in [3.05, 3.63) is 51.0 Å². The molecule has 1 fully saturated rings. The Bertz CT molecular complexity index is 1360. The standard InChI is InChI=1S/C26H22BrNO9/c1-35-17-6-10(29)7-18(36-2)22(17)21-11-4-5-12-19(25(33)28(24(12)32)26(34)37-3)13(11)8-14-20(21)16(30)9-15(27)23(14)31/h4,6-7,9,12-13,19,21,29H,5,8H2,1-3H3/t12-,13+,19-,21-/m0/s1. The van der Waals surface area contributed by atoms with Crippen LogP contribution >= 0.6 is 15.9 Å². The van der Waals surface area contributed by atoms with Crippen LogP contribution < -0.4 is 9.47 Å². The molecule has 4 atom stereocenters. The van der Waals surface area contributed by atoms with Crippen molar-refractivity contribution >= 4 is 45.4 Å². The van der Waals surface area contributed by atoms with Gasteiger partial charge in [0.1, 0.15) is 17.2 Å². The number of carbonyl (C=O) groups is 5. The van der Waals surface area contributed by atoms with Crippen LogP contribution in [0.5, 0.6) is 17.2 Å². The molecule has 5 rings (SSSR count). The van der Waals surface area contributed by atoms with Crippen LogP contribution in [-0.2, 0) is 23.9 Å². The van der Waals surface area contributed by atoms with E-state index in [4.69, 9.17) is 9.47 Å². The van der Waals surface area contributed by atoms with E-state index in [2.05, 4.69) is 20.7 Å². The Morgan fingerprint density at radius 2 is 1.68 bits per heavy atom. The van der Waals surface area contributed by atoms with E-state index >= 15 is 0 Å². The molecule has 0 unspecified atom stereocenters. The summed E-state index contributed by atoms with van der Waals surface area (Å²) in [6.07, 6.45) is 2.13. The fraction of sp³-hybridized carbons (Fsp3) is 0.346. The quantitative estimate of drug-likeness (QED) is 0.329. The highest BCUT2D eigenvalue weighted by Gasteiger charge is 2.58. The summed E-state index contributed by atoms with van der Waals surface area (Å²) in [5.74, 6) is -5.09. The normalized spacial score (nSPS) is 26.8. The molecular formula is C26H22BrNO9. The molecule has 1 aromatic carbocycles. The molecule has 37 heavy (non-hydrogen) atoms. The molecule has 3 aliphatic carbocycles. The predicted molar refractivity (Wildman–Crippen MR) is 130 cm³/mol. The summed E-state index contributed by atoms with van der Waals surface area (Å²) in [7, 11) is 3.88. The molecule has 0 radical (unpaired) electrons. The van der Waals surface area contributed by atoms with Gasteiger partial charge in [0, 0.05) is 40.8 Å². The average molecular weight is 572 g/mol. The van der Waals surface area contributed by atoms with E-state index < -0.39 is 53.1 Å². The lowest BCUT2D eigenvalue weighted by molar-refractivity contribution is -0.137. The fourth-order valence-corrected chi connectivity index (χ4v) is 6.47. The maximum Gasteiger partial charge on any atom is 0.423 e. The monoisotopic (exact) mass is 571 g/mol. The number of fused-ring (bicyclic) bond motifs is 3. The lowest BCUT2D eigenvalue weighted by Gasteiger charge is -2.42. The first-order valence-electron chi connectivity index (χ1n) is 11.4. The highest BCUT2D eigenvalue weighted by atomic mass is 79.9. The van der Waals surface area contributed by atoms with Crippen molar-refractivity contribution in [3.63, 3.8) is 0 Å². The molecule has 1 aromatic rings. The van der Waals surface area contributed by atoms with Crippen LogP contribution in [-0.4, -0.2) is 60.8 Å². The van der Waals surface area contributed by atoms with Crippen molar-refractivity contribution in [2.45, 2.75) is 18.8 Å². The Hall–Kier alpha value is -3.73. The number of ether oxygens (including phenoxy) is 3. The van der Waals surface area contributed by atoms with Gasteiger partial charge in [0.05, 0.1) is 37.6 Å². The topological polar surface area (TPSA) is 137 Å². The van der Waals surface area contributed by atoms with Gasteiger partial charge in [-0.25, -0.2) is 4.79 Å². The van der Waals surface area contributed by atoms with Crippen LogP contribution in [0.4, 0.5) is 4.79 Å². The van der Waals surface area contributed by atoms with E-state index in [1.165, 1.54) is 32.4 Å². The van der Waals surface area contributed by atoms with Crippen LogP contribution in [0.3, 0.4) is 0 Å². The minimum absolute atomic E-state index is 0.0308. The first-order chi connectivity index (χ1) is 17.6. The van der Waals surface area contributed by atoms with Gasteiger partial charge in [0.2, 0.25) is 11.8 Å². The summed E-state index contributed by atoms with van der Waals surface area (Å²) in [5.41, 5.74) is 1.47. The molecule has 11 heteroatoms. The molecule has 0 bridgehead atoms. The molecular weight excluding hydrogens is 550 g/mol. The van der Waals surface area contributed by atoms with Gasteiger partial charge in [-0.15, -0.1) is 0 Å². The zero-order chi connectivity index (χ0) is 26.8. The van der Waals surface area contributed by atoms with Gasteiger partial charge in [-0.05, 0) is 34.7 Å². The smallest absolute Gasteiger partial charge is 0.423 e. The number of aromatic hydroxyl groups is 1. The first-order valence-corrected chi connectivity index (χ1v) is 12.2. The Labute approximate surface area is 219 Å². The third-order valence-electron chi connectivity index (χ3n) is 7.51. The second-order valence-electron chi connectivity index (χ2n) is 9.14. The van der Waals surface area contributed by atoms with E-state index in [1.807, 2.05) is 0 Å². The molecule has 10 nitrogen and oxygen atoms in total. The van der Waals surface area contributed by atoms with Crippen molar-refractivity contribution in [1.29, 1.82) is 0 Å². The predicted octanol–water partition coefficient (Wildman–Crippen LogP) is 2.94. The summed E-state index contributed by atoms with van der Waals surface area (Å²) in [5, 5.41) is 10.2. The Balaban J connectivity index is 1.75. The first kappa shape index (κ1) is 24.9. The second kappa shape index (κ2) is 8.98. The van der Waals surface area contributed by atoms with Crippen molar-refractivity contribution < 1.29 is 43.3 Å². The number of carbonyl (C=O) groups excluding carboxylic acids is 5. The Morgan fingerprint density at radius 1 is 1.03 bits per heavy atom. The summed E-state index contributed by atoms with van der Waals surface area (Å²) in [6.45, 7) is 0. The molecule has 1 saturated heterocycles. The molecule has 4 aliphatic rings. The van der Waals surface area contributed by atoms with E-state index in [9.17, 15) is 29.1 Å². The third-order valence-corrected chi connectivity index (χ3v) is 8.09. The van der Waals surface area contributed by atoms with Crippen molar-refractivity contribution in [2.75, 3.05) is 21.3 Å². The molecule has 1 N–H and O–H groups in total. The van der Waals surface area contributed by atoms with Crippen LogP contribution in [0.15, 0.2) is 45.5 Å². The van der Waals surface area contributed by atoms with Gasteiger partial charge in [-0.3, -0.25) is 19.2 Å². The van der Waals surface area contributed by atoms with Gasteiger partial charge in [-0.2, -0.15) is 4.90 Å². The lowest BCUT2D eigenvalue weighted by Crippen LogP contribution is -2.40. The van der Waals surface area contributed by atoms with Crippen molar-refractivity contribution in [3.8, 4) is 17.2 Å². The number of halogens is 1.